The van der Waals surface area contributed by atoms with E-state index in [1.54, 1.807) is 18.3 Å². The number of carbonyl (C=O) groups excluding carboxylic acids is 1. The Morgan fingerprint density at radius 3 is 2.72 bits per heavy atom. The zero-order chi connectivity index (χ0) is 20.5. The van der Waals surface area contributed by atoms with Crippen LogP contribution in [0.3, 0.4) is 0 Å². The van der Waals surface area contributed by atoms with Crippen molar-refractivity contribution >= 4 is 16.8 Å². The quantitative estimate of drug-likeness (QED) is 0.680. The first-order chi connectivity index (χ1) is 13.9. The number of rotatable bonds is 3. The van der Waals surface area contributed by atoms with Crippen molar-refractivity contribution in [2.75, 3.05) is 33.2 Å². The SMILES string of the molecule is CC(C)n1cc(-c2cc(C(=O)N3CCCN(C)CC3)c3cc(F)ccc3n2)cn1. The minimum Gasteiger partial charge on any atom is -0.337 e. The Bertz CT molecular complexity index is 1040. The summed E-state index contributed by atoms with van der Waals surface area (Å²) < 4.78 is 15.8. The molecule has 7 heteroatoms. The van der Waals surface area contributed by atoms with E-state index in [2.05, 4.69) is 35.9 Å². The van der Waals surface area contributed by atoms with Gasteiger partial charge < -0.3 is 9.80 Å². The average Bonchev–Trinajstić information content (AvgIpc) is 3.10. The molecule has 1 aliphatic rings. The van der Waals surface area contributed by atoms with E-state index in [1.807, 2.05) is 15.8 Å². The predicted molar refractivity (Wildman–Crippen MR) is 111 cm³/mol. The van der Waals surface area contributed by atoms with E-state index in [-0.39, 0.29) is 17.8 Å². The first-order valence-electron chi connectivity index (χ1n) is 10.0. The lowest BCUT2D eigenvalue weighted by atomic mass is 10.0. The van der Waals surface area contributed by atoms with Crippen molar-refractivity contribution in [1.29, 1.82) is 0 Å². The van der Waals surface area contributed by atoms with E-state index >= 15 is 0 Å². The second-order valence-electron chi connectivity index (χ2n) is 7.97. The molecule has 2 aromatic heterocycles. The van der Waals surface area contributed by atoms with E-state index in [9.17, 15) is 9.18 Å². The van der Waals surface area contributed by atoms with Gasteiger partial charge in [0.15, 0.2) is 0 Å². The van der Waals surface area contributed by atoms with Gasteiger partial charge in [-0.15, -0.1) is 0 Å². The highest BCUT2D eigenvalue weighted by atomic mass is 19.1. The van der Waals surface area contributed by atoms with Gasteiger partial charge in [-0.2, -0.15) is 5.10 Å². The molecular formula is C22H26FN5O. The number of pyridine rings is 1. The average molecular weight is 395 g/mol. The number of amides is 1. The first kappa shape index (κ1) is 19.5. The van der Waals surface area contributed by atoms with Crippen LogP contribution in [0.15, 0.2) is 36.7 Å². The number of nitrogens with zero attached hydrogens (tertiary/aromatic N) is 5. The van der Waals surface area contributed by atoms with Gasteiger partial charge in [-0.3, -0.25) is 9.48 Å². The van der Waals surface area contributed by atoms with E-state index < -0.39 is 0 Å². The Kier molecular flexibility index (Phi) is 5.32. The van der Waals surface area contributed by atoms with Crippen LogP contribution in [-0.4, -0.2) is 63.7 Å². The maximum absolute atomic E-state index is 14.0. The summed E-state index contributed by atoms with van der Waals surface area (Å²) in [5.74, 6) is -0.444. The fourth-order valence-electron chi connectivity index (χ4n) is 3.70. The molecule has 6 nitrogen and oxygen atoms in total. The highest BCUT2D eigenvalue weighted by Gasteiger charge is 2.22. The number of halogens is 1. The third kappa shape index (κ3) is 4.00. The van der Waals surface area contributed by atoms with Crippen LogP contribution >= 0.6 is 0 Å². The van der Waals surface area contributed by atoms with E-state index in [0.717, 1.165) is 25.1 Å². The van der Waals surface area contributed by atoms with Gasteiger partial charge in [-0.05, 0) is 58.1 Å². The lowest BCUT2D eigenvalue weighted by molar-refractivity contribution is 0.0765. The number of fused-ring (bicyclic) bond motifs is 1. The first-order valence-corrected chi connectivity index (χ1v) is 10.0. The van der Waals surface area contributed by atoms with Crippen LogP contribution in [0.4, 0.5) is 4.39 Å². The summed E-state index contributed by atoms with van der Waals surface area (Å²) in [4.78, 5) is 22.2. The maximum Gasteiger partial charge on any atom is 0.254 e. The summed E-state index contributed by atoms with van der Waals surface area (Å²) in [6.45, 7) is 7.27. The molecule has 3 heterocycles. The minimum absolute atomic E-state index is 0.0733. The molecule has 0 aliphatic carbocycles. The molecule has 1 aliphatic heterocycles. The van der Waals surface area contributed by atoms with Crippen LogP contribution in [0.5, 0.6) is 0 Å². The molecule has 3 aromatic rings. The highest BCUT2D eigenvalue weighted by molar-refractivity contribution is 6.07. The Morgan fingerprint density at radius 2 is 1.97 bits per heavy atom. The zero-order valence-corrected chi connectivity index (χ0v) is 17.1. The number of hydrogen-bond acceptors (Lipinski definition) is 4. The van der Waals surface area contributed by atoms with Gasteiger partial charge >= 0.3 is 0 Å². The molecule has 4 rings (SSSR count). The number of likely N-dealkylation sites (N-methyl/N-ethyl adjacent to an activating group) is 1. The molecule has 1 amide bonds. The third-order valence-electron chi connectivity index (χ3n) is 5.43. The standard InChI is InChI=1S/C22H26FN5O/c1-15(2)28-14-16(13-24-28)21-12-19(18-11-17(23)5-6-20(18)25-21)22(29)27-8-4-7-26(3)9-10-27/h5-6,11-15H,4,7-10H2,1-3H3. The third-order valence-corrected chi connectivity index (χ3v) is 5.43. The molecule has 29 heavy (non-hydrogen) atoms. The molecule has 1 saturated heterocycles. The molecule has 0 spiro atoms. The van der Waals surface area contributed by atoms with Gasteiger partial charge in [0.05, 0.1) is 23.0 Å². The Hall–Kier alpha value is -2.80. The molecule has 0 atom stereocenters. The maximum atomic E-state index is 14.0. The van der Waals surface area contributed by atoms with E-state index in [1.165, 1.54) is 12.1 Å². The summed E-state index contributed by atoms with van der Waals surface area (Å²) in [7, 11) is 2.07. The Labute approximate surface area is 169 Å². The van der Waals surface area contributed by atoms with Gasteiger partial charge in [0.2, 0.25) is 0 Å². The van der Waals surface area contributed by atoms with E-state index in [0.29, 0.717) is 35.2 Å². The van der Waals surface area contributed by atoms with Crippen molar-refractivity contribution in [2.24, 2.45) is 0 Å². The van der Waals surface area contributed by atoms with Crippen LogP contribution in [-0.2, 0) is 0 Å². The summed E-state index contributed by atoms with van der Waals surface area (Å²) in [6.07, 6.45) is 4.61. The van der Waals surface area contributed by atoms with Crippen molar-refractivity contribution in [3.05, 3.63) is 48.0 Å². The smallest absolute Gasteiger partial charge is 0.254 e. The lowest BCUT2D eigenvalue weighted by Crippen LogP contribution is -2.34. The molecule has 0 unspecified atom stereocenters. The Morgan fingerprint density at radius 1 is 1.14 bits per heavy atom. The number of aromatic nitrogens is 3. The van der Waals surface area contributed by atoms with Crippen LogP contribution in [0, 0.1) is 5.82 Å². The summed E-state index contributed by atoms with van der Waals surface area (Å²) >= 11 is 0. The largest absolute Gasteiger partial charge is 0.337 e. The van der Waals surface area contributed by atoms with Crippen molar-refractivity contribution in [3.8, 4) is 11.3 Å². The number of hydrogen-bond donors (Lipinski definition) is 0. The topological polar surface area (TPSA) is 54.3 Å². The molecule has 1 fully saturated rings. The molecule has 152 valence electrons. The molecule has 0 saturated carbocycles. The highest BCUT2D eigenvalue weighted by Crippen LogP contribution is 2.27. The summed E-state index contributed by atoms with van der Waals surface area (Å²) in [5.41, 5.74) is 2.61. The predicted octanol–water partition coefficient (Wildman–Crippen LogP) is 3.60. The monoisotopic (exact) mass is 395 g/mol. The van der Waals surface area contributed by atoms with Crippen LogP contribution in [0.25, 0.3) is 22.2 Å². The minimum atomic E-state index is -0.371. The lowest BCUT2D eigenvalue weighted by Gasteiger charge is -2.21. The molecule has 0 bridgehead atoms. The molecule has 1 aromatic carbocycles. The molecule has 0 N–H and O–H groups in total. The van der Waals surface area contributed by atoms with Gasteiger partial charge in [0, 0.05) is 42.8 Å². The second kappa shape index (κ2) is 7.91. The van der Waals surface area contributed by atoms with Gasteiger partial charge in [-0.1, -0.05) is 0 Å². The Balaban J connectivity index is 1.80. The van der Waals surface area contributed by atoms with Gasteiger partial charge in [-0.25, -0.2) is 9.37 Å². The van der Waals surface area contributed by atoms with E-state index in [4.69, 9.17) is 0 Å². The summed E-state index contributed by atoms with van der Waals surface area (Å²) in [6, 6.07) is 6.43. The van der Waals surface area contributed by atoms with Gasteiger partial charge in [0.1, 0.15) is 5.82 Å². The normalized spacial score (nSPS) is 15.8. The van der Waals surface area contributed by atoms with Crippen molar-refractivity contribution in [3.63, 3.8) is 0 Å². The molecule has 0 radical (unpaired) electrons. The van der Waals surface area contributed by atoms with Crippen molar-refractivity contribution < 1.29 is 9.18 Å². The fourth-order valence-corrected chi connectivity index (χ4v) is 3.70. The van der Waals surface area contributed by atoms with Crippen LogP contribution in [0.2, 0.25) is 0 Å². The molecular weight excluding hydrogens is 369 g/mol. The summed E-state index contributed by atoms with van der Waals surface area (Å²) in [5, 5.41) is 4.94. The van der Waals surface area contributed by atoms with Crippen LogP contribution in [0.1, 0.15) is 36.7 Å². The van der Waals surface area contributed by atoms with Crippen molar-refractivity contribution in [2.45, 2.75) is 26.3 Å². The number of carbonyl (C=O) groups is 1. The van der Waals surface area contributed by atoms with Crippen molar-refractivity contribution in [1.82, 2.24) is 24.6 Å². The second-order valence-corrected chi connectivity index (χ2v) is 7.97. The van der Waals surface area contributed by atoms with Crippen LogP contribution < -0.4 is 0 Å². The van der Waals surface area contributed by atoms with Gasteiger partial charge in [0.25, 0.3) is 5.91 Å². The fraction of sp³-hybridized carbons (Fsp3) is 0.409. The number of benzene rings is 1. The zero-order valence-electron chi connectivity index (χ0n) is 17.1.